The largest absolute Gasteiger partial charge is 0.334 e. The van der Waals surface area contributed by atoms with E-state index in [4.69, 9.17) is 9.51 Å². The molecule has 0 amide bonds. The highest BCUT2D eigenvalue weighted by Gasteiger charge is 2.32. The number of benzene rings is 1. The molecule has 1 heterocycles. The van der Waals surface area contributed by atoms with E-state index in [2.05, 4.69) is 43.3 Å². The molecule has 2 aliphatic carbocycles. The van der Waals surface area contributed by atoms with E-state index < -0.39 is 0 Å². The minimum atomic E-state index is 0.486. The second-order valence-electron chi connectivity index (χ2n) is 9.01. The molecule has 0 N–H and O–H groups in total. The lowest BCUT2D eigenvalue weighted by Gasteiger charge is -2.37. The fourth-order valence-corrected chi connectivity index (χ4v) is 5.50. The van der Waals surface area contributed by atoms with Crippen molar-refractivity contribution in [1.29, 1.82) is 0 Å². The van der Waals surface area contributed by atoms with Crippen LogP contribution in [0.25, 0.3) is 11.5 Å². The Morgan fingerprint density at radius 3 is 2.33 bits per heavy atom. The molecule has 3 nitrogen and oxygen atoms in total. The van der Waals surface area contributed by atoms with E-state index in [9.17, 15) is 0 Å². The normalized spacial score (nSPS) is 29.0. The fourth-order valence-electron chi connectivity index (χ4n) is 5.50. The maximum atomic E-state index is 5.58. The molecule has 1 aromatic heterocycles. The van der Waals surface area contributed by atoms with E-state index >= 15 is 0 Å². The molecular formula is C24H34N2O. The van der Waals surface area contributed by atoms with Crippen LogP contribution in [-0.4, -0.2) is 10.1 Å². The van der Waals surface area contributed by atoms with Crippen molar-refractivity contribution < 1.29 is 4.52 Å². The summed E-state index contributed by atoms with van der Waals surface area (Å²) < 4.78 is 5.58. The predicted octanol–water partition coefficient (Wildman–Crippen LogP) is 6.93. The van der Waals surface area contributed by atoms with Crippen molar-refractivity contribution in [3.05, 3.63) is 35.7 Å². The topological polar surface area (TPSA) is 38.9 Å². The Labute approximate surface area is 164 Å². The molecule has 146 valence electrons. The van der Waals surface area contributed by atoms with E-state index in [1.165, 1.54) is 69.8 Å². The summed E-state index contributed by atoms with van der Waals surface area (Å²) in [5.41, 5.74) is 2.26. The van der Waals surface area contributed by atoms with Crippen molar-refractivity contribution in [2.75, 3.05) is 0 Å². The highest BCUT2D eigenvalue weighted by atomic mass is 16.5. The molecule has 3 heteroatoms. The van der Waals surface area contributed by atoms with E-state index in [0.29, 0.717) is 11.8 Å². The standard InChI is InChI=1S/C24H34N2O/c1-3-5-18-8-10-19(11-9-18)20-12-14-21(15-13-20)23-25-24(27-26-23)22-7-4-6-17(2)16-22/h4,6-7,16,18-21H,3,5,8-15H2,1-2H3. The quantitative estimate of drug-likeness (QED) is 0.576. The Kier molecular flexibility index (Phi) is 5.95. The van der Waals surface area contributed by atoms with Crippen LogP contribution >= 0.6 is 0 Å². The van der Waals surface area contributed by atoms with Crippen LogP contribution in [0.15, 0.2) is 28.8 Å². The number of aromatic nitrogens is 2. The molecule has 27 heavy (non-hydrogen) atoms. The zero-order valence-corrected chi connectivity index (χ0v) is 17.0. The highest BCUT2D eigenvalue weighted by Crippen LogP contribution is 2.44. The van der Waals surface area contributed by atoms with Crippen molar-refractivity contribution in [3.63, 3.8) is 0 Å². The van der Waals surface area contributed by atoms with Crippen molar-refractivity contribution in [1.82, 2.24) is 10.1 Å². The lowest BCUT2D eigenvalue weighted by Crippen LogP contribution is -2.25. The summed E-state index contributed by atoms with van der Waals surface area (Å²) >= 11 is 0. The Morgan fingerprint density at radius 1 is 0.963 bits per heavy atom. The van der Waals surface area contributed by atoms with Crippen molar-refractivity contribution in [2.24, 2.45) is 17.8 Å². The minimum Gasteiger partial charge on any atom is -0.334 e. The van der Waals surface area contributed by atoms with Gasteiger partial charge in [-0.05, 0) is 75.3 Å². The smallest absolute Gasteiger partial charge is 0.257 e. The molecular weight excluding hydrogens is 332 g/mol. The van der Waals surface area contributed by atoms with Crippen molar-refractivity contribution in [2.45, 2.75) is 84.0 Å². The maximum Gasteiger partial charge on any atom is 0.257 e. The molecule has 0 radical (unpaired) electrons. The molecule has 0 spiro atoms. The Bertz CT molecular complexity index is 721. The molecule has 4 rings (SSSR count). The van der Waals surface area contributed by atoms with Gasteiger partial charge in [0.15, 0.2) is 5.82 Å². The molecule has 2 saturated carbocycles. The summed E-state index contributed by atoms with van der Waals surface area (Å²) in [5, 5.41) is 4.33. The van der Waals surface area contributed by atoms with Gasteiger partial charge >= 0.3 is 0 Å². The van der Waals surface area contributed by atoms with Crippen LogP contribution in [-0.2, 0) is 0 Å². The van der Waals surface area contributed by atoms with E-state index in [-0.39, 0.29) is 0 Å². The molecule has 0 aliphatic heterocycles. The van der Waals surface area contributed by atoms with E-state index in [0.717, 1.165) is 29.1 Å². The van der Waals surface area contributed by atoms with Crippen molar-refractivity contribution >= 4 is 0 Å². The predicted molar refractivity (Wildman–Crippen MR) is 110 cm³/mol. The van der Waals surface area contributed by atoms with Gasteiger partial charge in [0.2, 0.25) is 0 Å². The van der Waals surface area contributed by atoms with Gasteiger partial charge in [-0.15, -0.1) is 0 Å². The van der Waals surface area contributed by atoms with Crippen LogP contribution in [0, 0.1) is 24.7 Å². The number of rotatable bonds is 5. The first kappa shape index (κ1) is 18.7. The van der Waals surface area contributed by atoms with Gasteiger partial charge in [0.25, 0.3) is 5.89 Å². The molecule has 1 aromatic carbocycles. The van der Waals surface area contributed by atoms with Crippen LogP contribution < -0.4 is 0 Å². The number of aryl methyl sites for hydroxylation is 1. The zero-order valence-electron chi connectivity index (χ0n) is 17.0. The molecule has 0 saturated heterocycles. The van der Waals surface area contributed by atoms with Gasteiger partial charge in [-0.25, -0.2) is 0 Å². The van der Waals surface area contributed by atoms with Gasteiger partial charge < -0.3 is 4.52 Å². The molecule has 2 fully saturated rings. The van der Waals surface area contributed by atoms with Crippen LogP contribution in [0.1, 0.15) is 88.4 Å². The number of hydrogen-bond donors (Lipinski definition) is 0. The number of hydrogen-bond acceptors (Lipinski definition) is 3. The zero-order chi connectivity index (χ0) is 18.6. The Morgan fingerprint density at radius 2 is 1.67 bits per heavy atom. The molecule has 0 unspecified atom stereocenters. The first-order valence-corrected chi connectivity index (χ1v) is 11.1. The second-order valence-corrected chi connectivity index (χ2v) is 9.01. The molecule has 2 aromatic rings. The second kappa shape index (κ2) is 8.58. The molecule has 2 aliphatic rings. The SMILES string of the molecule is CCCC1CCC(C2CCC(c3noc(-c4cccc(C)c4)n3)CC2)CC1. The third-order valence-corrected chi connectivity index (χ3v) is 7.10. The summed E-state index contributed by atoms with van der Waals surface area (Å²) in [7, 11) is 0. The summed E-state index contributed by atoms with van der Waals surface area (Å²) in [6, 6.07) is 8.31. The van der Waals surface area contributed by atoms with Crippen LogP contribution in [0.4, 0.5) is 0 Å². The summed E-state index contributed by atoms with van der Waals surface area (Å²) in [6.07, 6.45) is 13.9. The highest BCUT2D eigenvalue weighted by molar-refractivity contribution is 5.53. The maximum absolute atomic E-state index is 5.58. The van der Waals surface area contributed by atoms with Crippen molar-refractivity contribution in [3.8, 4) is 11.5 Å². The van der Waals surface area contributed by atoms with Crippen LogP contribution in [0.2, 0.25) is 0 Å². The monoisotopic (exact) mass is 366 g/mol. The average Bonchev–Trinajstić information content (AvgIpc) is 3.19. The first-order chi connectivity index (χ1) is 13.2. The average molecular weight is 367 g/mol. The van der Waals surface area contributed by atoms with Gasteiger partial charge in [0.05, 0.1) is 0 Å². The Hall–Kier alpha value is -1.64. The van der Waals surface area contributed by atoms with Gasteiger partial charge in [0, 0.05) is 11.5 Å². The lowest BCUT2D eigenvalue weighted by molar-refractivity contribution is 0.155. The Balaban J connectivity index is 1.31. The molecule has 0 atom stereocenters. The minimum absolute atomic E-state index is 0.486. The van der Waals surface area contributed by atoms with Crippen LogP contribution in [0.5, 0.6) is 0 Å². The third-order valence-electron chi connectivity index (χ3n) is 7.10. The van der Waals surface area contributed by atoms with Crippen LogP contribution in [0.3, 0.4) is 0 Å². The third kappa shape index (κ3) is 4.44. The van der Waals surface area contributed by atoms with E-state index in [1.54, 1.807) is 0 Å². The fraction of sp³-hybridized carbons (Fsp3) is 0.667. The molecule has 0 bridgehead atoms. The van der Waals surface area contributed by atoms with Gasteiger partial charge in [-0.2, -0.15) is 4.98 Å². The number of nitrogens with zero attached hydrogens (tertiary/aromatic N) is 2. The van der Waals surface area contributed by atoms with Gasteiger partial charge in [-0.1, -0.05) is 55.5 Å². The summed E-state index contributed by atoms with van der Waals surface area (Å²) in [6.45, 7) is 4.42. The lowest BCUT2D eigenvalue weighted by atomic mass is 9.68. The first-order valence-electron chi connectivity index (χ1n) is 11.1. The van der Waals surface area contributed by atoms with Gasteiger partial charge in [0.1, 0.15) is 0 Å². The van der Waals surface area contributed by atoms with E-state index in [1.807, 2.05) is 0 Å². The summed E-state index contributed by atoms with van der Waals surface area (Å²) in [4.78, 5) is 4.74. The summed E-state index contributed by atoms with van der Waals surface area (Å²) in [5.74, 6) is 5.02. The van der Waals surface area contributed by atoms with Gasteiger partial charge in [-0.3, -0.25) is 0 Å².